The van der Waals surface area contributed by atoms with Gasteiger partial charge in [-0.1, -0.05) is 12.1 Å². The van der Waals surface area contributed by atoms with Gasteiger partial charge in [0, 0.05) is 17.2 Å². The summed E-state index contributed by atoms with van der Waals surface area (Å²) in [6, 6.07) is 7.82. The highest BCUT2D eigenvalue weighted by Crippen LogP contribution is 2.34. The second-order valence-electron chi connectivity index (χ2n) is 3.82. The molecule has 0 fully saturated rings. The number of aromatic amines is 1. The Kier molecular flexibility index (Phi) is 2.67. The number of fused-ring (bicyclic) bond motifs is 1. The molecule has 0 radical (unpaired) electrons. The van der Waals surface area contributed by atoms with Crippen molar-refractivity contribution >= 4 is 29.3 Å². The summed E-state index contributed by atoms with van der Waals surface area (Å²) in [5.41, 5.74) is 6.32. The van der Waals surface area contributed by atoms with E-state index in [4.69, 9.17) is 5.73 Å². The number of nitrogens with zero attached hydrogens (tertiary/aromatic N) is 3. The second kappa shape index (κ2) is 4.34. The van der Waals surface area contributed by atoms with Gasteiger partial charge in [-0.05, 0) is 12.1 Å². The Balaban J connectivity index is 1.96. The number of hydrogen-bond acceptors (Lipinski definition) is 5. The number of nitrogens with one attached hydrogen (secondary N) is 1. The molecule has 0 saturated carbocycles. The minimum absolute atomic E-state index is 0.0815. The Hall–Kier alpha value is -2.02. The van der Waals surface area contributed by atoms with Crippen LogP contribution in [0.4, 0.5) is 11.6 Å². The molecule has 0 spiro atoms. The first-order valence-corrected chi connectivity index (χ1v) is 6.46. The average Bonchev–Trinajstić information content (AvgIpc) is 2.84. The monoisotopic (exact) mass is 261 g/mol. The summed E-state index contributed by atoms with van der Waals surface area (Å²) in [7, 11) is 0. The average molecular weight is 261 g/mol. The summed E-state index contributed by atoms with van der Waals surface area (Å²) in [4.78, 5) is 19.0. The van der Waals surface area contributed by atoms with Crippen LogP contribution in [-0.4, -0.2) is 33.4 Å². The van der Waals surface area contributed by atoms with Crippen molar-refractivity contribution in [3.63, 3.8) is 0 Å². The fourth-order valence-electron chi connectivity index (χ4n) is 1.88. The lowest BCUT2D eigenvalue weighted by Gasteiger charge is -2.27. The molecule has 3 rings (SSSR count). The molecule has 0 aliphatic carbocycles. The molecule has 0 saturated heterocycles. The van der Waals surface area contributed by atoms with E-state index in [-0.39, 0.29) is 17.7 Å². The summed E-state index contributed by atoms with van der Waals surface area (Å²) >= 11 is 1.75. The van der Waals surface area contributed by atoms with E-state index in [1.165, 1.54) is 0 Å². The van der Waals surface area contributed by atoms with E-state index in [1.54, 1.807) is 16.7 Å². The fraction of sp³-hybridized carbons (Fsp3) is 0.182. The number of benzene rings is 1. The zero-order chi connectivity index (χ0) is 12.5. The largest absolute Gasteiger partial charge is 0.366 e. The second-order valence-corrected chi connectivity index (χ2v) is 4.95. The Morgan fingerprint density at radius 1 is 1.44 bits per heavy atom. The lowest BCUT2D eigenvalue weighted by Crippen LogP contribution is -2.36. The minimum atomic E-state index is -0.202. The maximum atomic E-state index is 12.3. The van der Waals surface area contributed by atoms with Crippen LogP contribution in [0.1, 0.15) is 10.6 Å². The lowest BCUT2D eigenvalue weighted by atomic mass is 10.2. The Morgan fingerprint density at radius 3 is 3.06 bits per heavy atom. The predicted molar refractivity (Wildman–Crippen MR) is 69.6 cm³/mol. The number of nitrogens with two attached hydrogens (primary N) is 1. The Labute approximate surface area is 108 Å². The number of carbonyl (C=O) groups is 1. The van der Waals surface area contributed by atoms with Crippen molar-refractivity contribution in [2.75, 3.05) is 22.9 Å². The summed E-state index contributed by atoms with van der Waals surface area (Å²) < 4.78 is 0. The molecule has 1 aliphatic rings. The molecule has 0 unspecified atom stereocenters. The Morgan fingerprint density at radius 2 is 2.28 bits per heavy atom. The van der Waals surface area contributed by atoms with Crippen LogP contribution in [-0.2, 0) is 0 Å². The quantitative estimate of drug-likeness (QED) is 0.803. The fourth-order valence-corrected chi connectivity index (χ4v) is 2.87. The third kappa shape index (κ3) is 1.82. The first-order chi connectivity index (χ1) is 8.75. The molecule has 7 heteroatoms. The SMILES string of the molecule is Nc1n[nH]c(C(=O)N2CCSc3ccccc32)n1. The van der Waals surface area contributed by atoms with Gasteiger partial charge in [-0.2, -0.15) is 4.98 Å². The zero-order valence-corrected chi connectivity index (χ0v) is 10.3. The molecule has 1 amide bonds. The van der Waals surface area contributed by atoms with E-state index < -0.39 is 0 Å². The lowest BCUT2D eigenvalue weighted by molar-refractivity contribution is 0.0978. The van der Waals surface area contributed by atoms with Crippen molar-refractivity contribution < 1.29 is 4.79 Å². The maximum absolute atomic E-state index is 12.3. The minimum Gasteiger partial charge on any atom is -0.366 e. The number of rotatable bonds is 1. The highest BCUT2D eigenvalue weighted by molar-refractivity contribution is 7.99. The van der Waals surface area contributed by atoms with Crippen molar-refractivity contribution in [3.05, 3.63) is 30.1 Å². The van der Waals surface area contributed by atoms with Gasteiger partial charge in [-0.15, -0.1) is 16.9 Å². The third-order valence-electron chi connectivity index (χ3n) is 2.68. The van der Waals surface area contributed by atoms with Crippen molar-refractivity contribution in [1.82, 2.24) is 15.2 Å². The first kappa shape index (κ1) is 11.1. The van der Waals surface area contributed by atoms with Crippen LogP contribution in [0.15, 0.2) is 29.2 Å². The summed E-state index contributed by atoms with van der Waals surface area (Å²) in [6.07, 6.45) is 0. The third-order valence-corrected chi connectivity index (χ3v) is 3.72. The number of thioether (sulfide) groups is 1. The smallest absolute Gasteiger partial charge is 0.295 e. The number of nitrogen functional groups attached to an aromatic ring is 1. The van der Waals surface area contributed by atoms with Crippen LogP contribution < -0.4 is 10.6 Å². The number of hydrogen-bond donors (Lipinski definition) is 2. The summed E-state index contributed by atoms with van der Waals surface area (Å²) in [5, 5.41) is 6.23. The van der Waals surface area contributed by atoms with E-state index >= 15 is 0 Å². The first-order valence-electron chi connectivity index (χ1n) is 5.47. The predicted octanol–water partition coefficient (Wildman–Crippen LogP) is 1.14. The van der Waals surface area contributed by atoms with Gasteiger partial charge in [0.05, 0.1) is 5.69 Å². The van der Waals surface area contributed by atoms with Gasteiger partial charge >= 0.3 is 0 Å². The highest BCUT2D eigenvalue weighted by atomic mass is 32.2. The van der Waals surface area contributed by atoms with Crippen molar-refractivity contribution in [2.45, 2.75) is 4.90 Å². The number of H-pyrrole nitrogens is 1. The van der Waals surface area contributed by atoms with Gasteiger partial charge in [0.25, 0.3) is 5.91 Å². The van der Waals surface area contributed by atoms with Crippen molar-refractivity contribution in [2.24, 2.45) is 0 Å². The molecule has 0 atom stereocenters. The number of amides is 1. The standard InChI is InChI=1S/C11H11N5OS/c12-11-13-9(14-15-11)10(17)16-5-6-18-8-4-2-1-3-7(8)16/h1-4H,5-6H2,(H3,12,13,14,15). The molecule has 1 aliphatic heterocycles. The van der Waals surface area contributed by atoms with E-state index in [0.717, 1.165) is 16.3 Å². The molecule has 92 valence electrons. The van der Waals surface area contributed by atoms with Crippen molar-refractivity contribution in [1.29, 1.82) is 0 Å². The van der Waals surface area contributed by atoms with Crippen LogP contribution in [0.5, 0.6) is 0 Å². The summed E-state index contributed by atoms with van der Waals surface area (Å²) in [5.74, 6) is 0.922. The van der Waals surface area contributed by atoms with Crippen LogP contribution in [0.2, 0.25) is 0 Å². The van der Waals surface area contributed by atoms with Gasteiger partial charge < -0.3 is 10.6 Å². The van der Waals surface area contributed by atoms with E-state index in [9.17, 15) is 4.79 Å². The molecule has 1 aromatic heterocycles. The number of carbonyl (C=O) groups excluding carboxylic acids is 1. The van der Waals surface area contributed by atoms with Crippen molar-refractivity contribution in [3.8, 4) is 0 Å². The molecule has 1 aromatic carbocycles. The van der Waals surface area contributed by atoms with Gasteiger partial charge in [0.1, 0.15) is 0 Å². The molecule has 6 nitrogen and oxygen atoms in total. The maximum Gasteiger partial charge on any atom is 0.295 e. The van der Waals surface area contributed by atoms with Gasteiger partial charge in [-0.3, -0.25) is 9.89 Å². The Bertz CT molecular complexity index is 597. The normalized spacial score (nSPS) is 14.3. The molecular weight excluding hydrogens is 250 g/mol. The number of aromatic nitrogens is 3. The van der Waals surface area contributed by atoms with E-state index in [1.807, 2.05) is 24.3 Å². The van der Waals surface area contributed by atoms with E-state index in [2.05, 4.69) is 15.2 Å². The molecule has 0 bridgehead atoms. The zero-order valence-electron chi connectivity index (χ0n) is 9.46. The number of anilines is 2. The van der Waals surface area contributed by atoms with Crippen LogP contribution in [0, 0.1) is 0 Å². The van der Waals surface area contributed by atoms with Gasteiger partial charge in [0.15, 0.2) is 0 Å². The number of para-hydroxylation sites is 1. The van der Waals surface area contributed by atoms with Gasteiger partial charge in [0.2, 0.25) is 11.8 Å². The molecule has 2 aromatic rings. The van der Waals surface area contributed by atoms with Crippen LogP contribution in [0.3, 0.4) is 0 Å². The van der Waals surface area contributed by atoms with Gasteiger partial charge in [-0.25, -0.2) is 0 Å². The molecule has 3 N–H and O–H groups in total. The molecule has 2 heterocycles. The molecular formula is C11H11N5OS. The topological polar surface area (TPSA) is 87.9 Å². The van der Waals surface area contributed by atoms with Crippen LogP contribution in [0.25, 0.3) is 0 Å². The molecule has 18 heavy (non-hydrogen) atoms. The van der Waals surface area contributed by atoms with E-state index in [0.29, 0.717) is 6.54 Å². The summed E-state index contributed by atoms with van der Waals surface area (Å²) in [6.45, 7) is 0.654. The van der Waals surface area contributed by atoms with Crippen LogP contribution >= 0.6 is 11.8 Å². The highest BCUT2D eigenvalue weighted by Gasteiger charge is 2.25.